The number of Topliss-reactive ketones (excluding diaryl/α,β-unsaturated/α-hetero) is 1. The zero-order valence-electron chi connectivity index (χ0n) is 9.65. The first-order chi connectivity index (χ1) is 7.41. The van der Waals surface area contributed by atoms with Gasteiger partial charge in [-0.3, -0.25) is 9.59 Å². The number of aromatic nitrogens is 2. The van der Waals surface area contributed by atoms with E-state index in [0.717, 1.165) is 0 Å². The van der Waals surface area contributed by atoms with Crippen LogP contribution in [0.5, 0.6) is 0 Å². The normalized spacial score (nSPS) is 10.9. The minimum atomic E-state index is -0.444. The number of carbonyl (C=O) groups excluding carboxylic acids is 2. The monoisotopic (exact) mass is 221 g/mol. The molecule has 0 aliphatic heterocycles. The predicted octanol–water partition coefficient (Wildman–Crippen LogP) is 0.822. The van der Waals surface area contributed by atoms with Crippen molar-refractivity contribution in [1.29, 1.82) is 0 Å². The van der Waals surface area contributed by atoms with E-state index in [0.29, 0.717) is 5.56 Å². The van der Waals surface area contributed by atoms with E-state index in [1.807, 2.05) is 20.8 Å². The van der Waals surface area contributed by atoms with Crippen LogP contribution in [0.4, 0.5) is 0 Å². The first-order valence-corrected chi connectivity index (χ1v) is 4.98. The minimum absolute atomic E-state index is 0.0160. The van der Waals surface area contributed by atoms with Gasteiger partial charge in [0.25, 0.3) is 5.91 Å². The second kappa shape index (κ2) is 4.83. The van der Waals surface area contributed by atoms with E-state index in [2.05, 4.69) is 15.3 Å². The van der Waals surface area contributed by atoms with Crippen LogP contribution in [-0.4, -0.2) is 28.2 Å². The van der Waals surface area contributed by atoms with Crippen LogP contribution in [-0.2, 0) is 4.79 Å². The standard InChI is InChI=1S/C11H15N3O2/c1-11(2,3)9(15)6-14-10(16)8-4-12-7-13-5-8/h4-5,7H,6H2,1-3H3,(H,14,16). The van der Waals surface area contributed by atoms with Crippen molar-refractivity contribution in [2.45, 2.75) is 20.8 Å². The van der Waals surface area contributed by atoms with Gasteiger partial charge in [0.1, 0.15) is 6.33 Å². The van der Waals surface area contributed by atoms with Crippen molar-refractivity contribution in [1.82, 2.24) is 15.3 Å². The predicted molar refractivity (Wildman–Crippen MR) is 58.8 cm³/mol. The summed E-state index contributed by atoms with van der Waals surface area (Å²) in [5, 5.41) is 2.54. The summed E-state index contributed by atoms with van der Waals surface area (Å²) in [4.78, 5) is 30.5. The fourth-order valence-corrected chi connectivity index (χ4v) is 0.944. The summed E-state index contributed by atoms with van der Waals surface area (Å²) in [6, 6.07) is 0. The molecule has 1 aromatic heterocycles. The van der Waals surface area contributed by atoms with Crippen LogP contribution in [0.25, 0.3) is 0 Å². The Morgan fingerprint density at radius 1 is 1.25 bits per heavy atom. The molecule has 0 radical (unpaired) electrons. The molecule has 1 heterocycles. The molecule has 86 valence electrons. The molecule has 1 aromatic rings. The average Bonchev–Trinajstić information content (AvgIpc) is 2.25. The van der Waals surface area contributed by atoms with Gasteiger partial charge in [-0.25, -0.2) is 9.97 Å². The maximum absolute atomic E-state index is 11.6. The van der Waals surface area contributed by atoms with Crippen LogP contribution in [0.2, 0.25) is 0 Å². The summed E-state index contributed by atoms with van der Waals surface area (Å²) < 4.78 is 0. The van der Waals surface area contributed by atoms with E-state index in [1.54, 1.807) is 0 Å². The molecular formula is C11H15N3O2. The first kappa shape index (κ1) is 12.3. The topological polar surface area (TPSA) is 72.0 Å². The van der Waals surface area contributed by atoms with Crippen LogP contribution in [0.3, 0.4) is 0 Å². The van der Waals surface area contributed by atoms with Gasteiger partial charge in [0.15, 0.2) is 5.78 Å². The van der Waals surface area contributed by atoms with Gasteiger partial charge in [-0.15, -0.1) is 0 Å². The van der Waals surface area contributed by atoms with E-state index in [9.17, 15) is 9.59 Å². The van der Waals surface area contributed by atoms with Crippen molar-refractivity contribution in [3.8, 4) is 0 Å². The molecule has 0 saturated heterocycles. The van der Waals surface area contributed by atoms with E-state index >= 15 is 0 Å². The molecule has 0 unspecified atom stereocenters. The maximum atomic E-state index is 11.6. The number of nitrogens with zero attached hydrogens (tertiary/aromatic N) is 2. The first-order valence-electron chi connectivity index (χ1n) is 4.98. The Bertz CT molecular complexity index is 382. The lowest BCUT2D eigenvalue weighted by molar-refractivity contribution is -0.125. The van der Waals surface area contributed by atoms with E-state index in [4.69, 9.17) is 0 Å². The SMILES string of the molecule is CC(C)(C)C(=O)CNC(=O)c1cncnc1. The lowest BCUT2D eigenvalue weighted by atomic mass is 9.91. The highest BCUT2D eigenvalue weighted by Crippen LogP contribution is 2.13. The van der Waals surface area contributed by atoms with Gasteiger partial charge in [0.05, 0.1) is 12.1 Å². The quantitative estimate of drug-likeness (QED) is 0.820. The number of ketones is 1. The smallest absolute Gasteiger partial charge is 0.254 e. The Morgan fingerprint density at radius 3 is 2.31 bits per heavy atom. The third-order valence-electron chi connectivity index (χ3n) is 2.07. The van der Waals surface area contributed by atoms with E-state index in [1.165, 1.54) is 18.7 Å². The molecule has 0 spiro atoms. The van der Waals surface area contributed by atoms with Gasteiger partial charge in [-0.2, -0.15) is 0 Å². The highest BCUT2D eigenvalue weighted by Gasteiger charge is 2.21. The summed E-state index contributed by atoms with van der Waals surface area (Å²) in [5.41, 5.74) is -0.0929. The number of hydrogen-bond donors (Lipinski definition) is 1. The average molecular weight is 221 g/mol. The minimum Gasteiger partial charge on any atom is -0.345 e. The molecule has 16 heavy (non-hydrogen) atoms. The fraction of sp³-hybridized carbons (Fsp3) is 0.455. The van der Waals surface area contributed by atoms with Crippen LogP contribution in [0, 0.1) is 5.41 Å². The molecule has 0 aliphatic rings. The lowest BCUT2D eigenvalue weighted by Gasteiger charge is -2.16. The van der Waals surface area contributed by atoms with Crippen molar-refractivity contribution < 1.29 is 9.59 Å². The number of amides is 1. The molecule has 0 bridgehead atoms. The summed E-state index contributed by atoms with van der Waals surface area (Å²) in [5.74, 6) is -0.351. The molecule has 5 heteroatoms. The van der Waals surface area contributed by atoms with Gasteiger partial charge >= 0.3 is 0 Å². The Kier molecular flexibility index (Phi) is 3.71. The molecule has 0 fully saturated rings. The Hall–Kier alpha value is -1.78. The number of rotatable bonds is 3. The second-order valence-electron chi connectivity index (χ2n) is 4.48. The molecule has 5 nitrogen and oxygen atoms in total. The van der Waals surface area contributed by atoms with E-state index < -0.39 is 5.41 Å². The lowest BCUT2D eigenvalue weighted by Crippen LogP contribution is -2.35. The summed E-state index contributed by atoms with van der Waals surface area (Å²) >= 11 is 0. The summed E-state index contributed by atoms with van der Waals surface area (Å²) in [7, 11) is 0. The van der Waals surface area contributed by atoms with Gasteiger partial charge in [0, 0.05) is 17.8 Å². The molecule has 0 aliphatic carbocycles. The summed E-state index contributed by atoms with van der Waals surface area (Å²) in [6.07, 6.45) is 4.16. The molecule has 0 saturated carbocycles. The molecule has 1 rings (SSSR count). The number of carbonyl (C=O) groups is 2. The third-order valence-corrected chi connectivity index (χ3v) is 2.07. The summed E-state index contributed by atoms with van der Waals surface area (Å²) in [6.45, 7) is 5.46. The van der Waals surface area contributed by atoms with Gasteiger partial charge < -0.3 is 5.32 Å². The zero-order chi connectivity index (χ0) is 12.2. The number of nitrogens with one attached hydrogen (secondary N) is 1. The molecule has 0 atom stereocenters. The van der Waals surface area contributed by atoms with Crippen LogP contribution < -0.4 is 5.32 Å². The molecule has 1 amide bonds. The largest absolute Gasteiger partial charge is 0.345 e. The Balaban J connectivity index is 2.52. The van der Waals surface area contributed by atoms with Gasteiger partial charge in [0.2, 0.25) is 0 Å². The molecule has 1 N–H and O–H groups in total. The van der Waals surface area contributed by atoms with Crippen LogP contribution >= 0.6 is 0 Å². The second-order valence-corrected chi connectivity index (χ2v) is 4.48. The van der Waals surface area contributed by atoms with Crippen LogP contribution in [0.15, 0.2) is 18.7 Å². The van der Waals surface area contributed by atoms with Crippen molar-refractivity contribution in [2.75, 3.05) is 6.54 Å². The van der Waals surface area contributed by atoms with Crippen molar-refractivity contribution in [3.05, 3.63) is 24.3 Å². The van der Waals surface area contributed by atoms with Crippen molar-refractivity contribution >= 4 is 11.7 Å². The Morgan fingerprint density at radius 2 is 1.81 bits per heavy atom. The van der Waals surface area contributed by atoms with Gasteiger partial charge in [-0.1, -0.05) is 20.8 Å². The molecule has 0 aromatic carbocycles. The Labute approximate surface area is 94.3 Å². The zero-order valence-corrected chi connectivity index (χ0v) is 9.65. The third kappa shape index (κ3) is 3.42. The van der Waals surface area contributed by atoms with Gasteiger partial charge in [-0.05, 0) is 0 Å². The number of hydrogen-bond acceptors (Lipinski definition) is 4. The van der Waals surface area contributed by atoms with E-state index in [-0.39, 0.29) is 18.2 Å². The fourth-order valence-electron chi connectivity index (χ4n) is 0.944. The van der Waals surface area contributed by atoms with Crippen molar-refractivity contribution in [2.24, 2.45) is 5.41 Å². The van der Waals surface area contributed by atoms with Crippen LogP contribution in [0.1, 0.15) is 31.1 Å². The highest BCUT2D eigenvalue weighted by molar-refractivity contribution is 5.97. The molecular weight excluding hydrogens is 206 g/mol. The maximum Gasteiger partial charge on any atom is 0.254 e. The highest BCUT2D eigenvalue weighted by atomic mass is 16.2. The van der Waals surface area contributed by atoms with Crippen molar-refractivity contribution in [3.63, 3.8) is 0 Å².